The minimum atomic E-state index is -4.63. The fraction of sp³-hybridized carbons (Fsp3) is 0.263. The Morgan fingerprint density at radius 3 is 2.66 bits per heavy atom. The minimum absolute atomic E-state index is 0.0292. The topological polar surface area (TPSA) is 116 Å². The number of amides is 1. The number of fused-ring (bicyclic) bond motifs is 1. The second kappa shape index (κ2) is 9.20. The molecule has 2 aromatic heterocycles. The summed E-state index contributed by atoms with van der Waals surface area (Å²) >= 11 is 1.73. The van der Waals surface area contributed by atoms with Crippen molar-refractivity contribution >= 4 is 50.9 Å². The van der Waals surface area contributed by atoms with Gasteiger partial charge in [-0.05, 0) is 31.5 Å². The normalized spacial score (nSPS) is 11.5. The van der Waals surface area contributed by atoms with Gasteiger partial charge in [-0.2, -0.15) is 13.2 Å². The molecule has 0 spiro atoms. The first kappa shape index (κ1) is 23.6. The highest BCUT2D eigenvalue weighted by Gasteiger charge is 2.33. The van der Waals surface area contributed by atoms with Crippen LogP contribution in [0.3, 0.4) is 0 Å². The number of aromatic nitrogens is 2. The molecule has 0 radical (unpaired) electrons. The lowest BCUT2D eigenvalue weighted by atomic mass is 10.1. The zero-order chi connectivity index (χ0) is 23.6. The number of anilines is 1. The molecule has 8 nitrogen and oxygen atoms in total. The average Bonchev–Trinajstić information content (AvgIpc) is 3.06. The van der Waals surface area contributed by atoms with E-state index in [1.165, 1.54) is 12.1 Å². The number of aryl methyl sites for hydroxylation is 1. The highest BCUT2D eigenvalue weighted by atomic mass is 32.2. The summed E-state index contributed by atoms with van der Waals surface area (Å²) in [4.78, 5) is 41.7. The van der Waals surface area contributed by atoms with Crippen LogP contribution in [-0.2, 0) is 15.7 Å². The van der Waals surface area contributed by atoms with E-state index in [2.05, 4.69) is 10.3 Å². The number of carbonyl (C=O) groups excluding carboxylic acids is 2. The van der Waals surface area contributed by atoms with E-state index in [1.54, 1.807) is 13.8 Å². The maximum Gasteiger partial charge on any atom is 0.418 e. The number of carbonyl (C=O) groups is 2. The van der Waals surface area contributed by atoms with E-state index >= 15 is 0 Å². The van der Waals surface area contributed by atoms with Gasteiger partial charge in [-0.15, -0.1) is 11.3 Å². The van der Waals surface area contributed by atoms with Gasteiger partial charge in [-0.3, -0.25) is 9.59 Å². The molecule has 3 aromatic rings. The number of alkyl halides is 3. The van der Waals surface area contributed by atoms with Crippen molar-refractivity contribution in [2.24, 2.45) is 0 Å². The number of thiophene rings is 1. The molecule has 1 amide bonds. The Morgan fingerprint density at radius 1 is 1.31 bits per heavy atom. The van der Waals surface area contributed by atoms with Gasteiger partial charge in [-0.1, -0.05) is 23.9 Å². The van der Waals surface area contributed by atoms with E-state index in [1.807, 2.05) is 0 Å². The number of hydrogen-bond acceptors (Lipinski definition) is 8. The number of hydrogen-bond donors (Lipinski definition) is 2. The first-order chi connectivity index (χ1) is 15.0. The number of ether oxygens (including phenoxy) is 1. The smallest absolute Gasteiger partial charge is 0.418 e. The number of nitrogens with two attached hydrogens (primary N) is 1. The number of para-hydroxylation sites is 1. The SMILES string of the molecule is CCOC(=O)c1sc2nc(SCC(=O)Nc3ccccc3C(F)(F)F)n(N)c(=O)c2c1C. The van der Waals surface area contributed by atoms with Crippen molar-refractivity contribution in [3.05, 3.63) is 50.6 Å². The van der Waals surface area contributed by atoms with Crippen LogP contribution in [0.25, 0.3) is 10.2 Å². The van der Waals surface area contributed by atoms with Crippen LogP contribution in [0.2, 0.25) is 0 Å². The van der Waals surface area contributed by atoms with E-state index in [0.717, 1.165) is 39.9 Å². The van der Waals surface area contributed by atoms with Crippen LogP contribution in [0.15, 0.2) is 34.2 Å². The van der Waals surface area contributed by atoms with Crippen molar-refractivity contribution < 1.29 is 27.5 Å². The molecule has 3 rings (SSSR count). The van der Waals surface area contributed by atoms with Crippen LogP contribution < -0.4 is 16.7 Å². The van der Waals surface area contributed by atoms with Gasteiger partial charge in [0.05, 0.1) is 29.0 Å². The Balaban J connectivity index is 1.83. The van der Waals surface area contributed by atoms with Gasteiger partial charge in [-0.25, -0.2) is 14.5 Å². The maximum absolute atomic E-state index is 13.1. The van der Waals surface area contributed by atoms with Crippen molar-refractivity contribution in [3.63, 3.8) is 0 Å². The third-order valence-electron chi connectivity index (χ3n) is 4.26. The van der Waals surface area contributed by atoms with Crippen molar-refractivity contribution in [2.75, 3.05) is 23.5 Å². The number of nitrogens with one attached hydrogen (secondary N) is 1. The van der Waals surface area contributed by atoms with Crippen LogP contribution in [0.1, 0.15) is 27.7 Å². The van der Waals surface area contributed by atoms with E-state index < -0.39 is 29.2 Å². The molecule has 0 bridgehead atoms. The number of esters is 1. The molecule has 13 heteroatoms. The average molecular weight is 486 g/mol. The Morgan fingerprint density at radius 2 is 2.00 bits per heavy atom. The highest BCUT2D eigenvalue weighted by molar-refractivity contribution is 7.99. The Bertz CT molecular complexity index is 1250. The second-order valence-electron chi connectivity index (χ2n) is 6.41. The predicted molar refractivity (Wildman–Crippen MR) is 116 cm³/mol. The number of rotatable bonds is 6. The molecule has 0 saturated heterocycles. The molecule has 0 saturated carbocycles. The minimum Gasteiger partial charge on any atom is -0.462 e. The molecule has 3 N–H and O–H groups in total. The summed E-state index contributed by atoms with van der Waals surface area (Å²) in [6.45, 7) is 3.39. The fourth-order valence-electron chi connectivity index (χ4n) is 2.83. The van der Waals surface area contributed by atoms with Crippen molar-refractivity contribution in [3.8, 4) is 0 Å². The highest BCUT2D eigenvalue weighted by Crippen LogP contribution is 2.35. The molecule has 0 aliphatic heterocycles. The summed E-state index contributed by atoms with van der Waals surface area (Å²) in [5, 5.41) is 2.34. The predicted octanol–water partition coefficient (Wildman–Crippen LogP) is 3.41. The number of thioether (sulfide) groups is 1. The zero-order valence-electron chi connectivity index (χ0n) is 16.8. The van der Waals surface area contributed by atoms with Gasteiger partial charge in [0.15, 0.2) is 5.16 Å². The van der Waals surface area contributed by atoms with Gasteiger partial charge < -0.3 is 15.9 Å². The molecular weight excluding hydrogens is 469 g/mol. The molecule has 0 aliphatic carbocycles. The maximum atomic E-state index is 13.1. The van der Waals surface area contributed by atoms with Crippen molar-refractivity contribution in [2.45, 2.75) is 25.2 Å². The van der Waals surface area contributed by atoms with E-state index in [0.29, 0.717) is 5.56 Å². The Hall–Kier alpha value is -3.06. The number of nitrogen functional groups attached to an aromatic ring is 1. The van der Waals surface area contributed by atoms with Crippen LogP contribution in [0.5, 0.6) is 0 Å². The van der Waals surface area contributed by atoms with Crippen LogP contribution >= 0.6 is 23.1 Å². The summed E-state index contributed by atoms with van der Waals surface area (Å²) in [7, 11) is 0. The van der Waals surface area contributed by atoms with Crippen LogP contribution in [-0.4, -0.2) is 33.9 Å². The van der Waals surface area contributed by atoms with Crippen molar-refractivity contribution in [1.82, 2.24) is 9.66 Å². The van der Waals surface area contributed by atoms with Crippen LogP contribution in [0.4, 0.5) is 18.9 Å². The molecule has 32 heavy (non-hydrogen) atoms. The van der Waals surface area contributed by atoms with Crippen molar-refractivity contribution in [1.29, 1.82) is 0 Å². The molecule has 1 aromatic carbocycles. The van der Waals surface area contributed by atoms with Gasteiger partial charge >= 0.3 is 12.1 Å². The van der Waals surface area contributed by atoms with Crippen LogP contribution in [0, 0.1) is 6.92 Å². The summed E-state index contributed by atoms with van der Waals surface area (Å²) in [5.41, 5.74) is -1.59. The van der Waals surface area contributed by atoms with Gasteiger partial charge in [0.1, 0.15) is 9.71 Å². The molecule has 0 aliphatic rings. The fourth-order valence-corrected chi connectivity index (χ4v) is 4.66. The largest absolute Gasteiger partial charge is 0.462 e. The molecule has 0 unspecified atom stereocenters. The lowest BCUT2D eigenvalue weighted by Crippen LogP contribution is -2.30. The molecular formula is C19H17F3N4O4S2. The summed E-state index contributed by atoms with van der Waals surface area (Å²) in [6, 6.07) is 4.58. The van der Waals surface area contributed by atoms with E-state index in [4.69, 9.17) is 10.6 Å². The lowest BCUT2D eigenvalue weighted by Gasteiger charge is -2.13. The number of benzene rings is 1. The Kier molecular flexibility index (Phi) is 6.79. The number of nitrogens with zero attached hydrogens (tertiary/aromatic N) is 2. The van der Waals surface area contributed by atoms with E-state index in [9.17, 15) is 27.6 Å². The summed E-state index contributed by atoms with van der Waals surface area (Å²) < 4.78 is 45.0. The zero-order valence-corrected chi connectivity index (χ0v) is 18.4. The molecule has 170 valence electrons. The standard InChI is InChI=1S/C19H17F3N4O4S2/c1-3-30-17(29)14-9(2)13-15(32-14)25-18(26(23)16(13)28)31-8-12(27)24-11-7-5-4-6-10(11)19(20,21)22/h4-7H,3,8,23H2,1-2H3,(H,24,27). The monoisotopic (exact) mass is 486 g/mol. The van der Waals surface area contributed by atoms with Gasteiger partial charge in [0.25, 0.3) is 5.56 Å². The number of halogens is 3. The third kappa shape index (κ3) is 4.72. The van der Waals surface area contributed by atoms with Gasteiger partial charge in [0, 0.05) is 0 Å². The first-order valence-electron chi connectivity index (χ1n) is 9.11. The molecule has 2 heterocycles. The first-order valence-corrected chi connectivity index (χ1v) is 10.9. The summed E-state index contributed by atoms with van der Waals surface area (Å²) in [5.74, 6) is 4.13. The molecule has 0 atom stereocenters. The quantitative estimate of drug-likeness (QED) is 0.237. The van der Waals surface area contributed by atoms with E-state index in [-0.39, 0.29) is 38.3 Å². The molecule has 0 fully saturated rings. The Labute approximate surface area is 187 Å². The third-order valence-corrected chi connectivity index (χ3v) is 6.38. The summed E-state index contributed by atoms with van der Waals surface area (Å²) in [6.07, 6.45) is -4.63. The second-order valence-corrected chi connectivity index (χ2v) is 8.35. The van der Waals surface area contributed by atoms with Gasteiger partial charge in [0.2, 0.25) is 5.91 Å². The lowest BCUT2D eigenvalue weighted by molar-refractivity contribution is -0.137.